The van der Waals surface area contributed by atoms with E-state index in [1.54, 1.807) is 22.8 Å². The fourth-order valence-corrected chi connectivity index (χ4v) is 3.13. The summed E-state index contributed by atoms with van der Waals surface area (Å²) in [4.78, 5) is 26.3. The van der Waals surface area contributed by atoms with E-state index >= 15 is 0 Å². The van der Waals surface area contributed by atoms with Crippen LogP contribution in [-0.2, 0) is 11.3 Å². The molecule has 2 atom stereocenters. The summed E-state index contributed by atoms with van der Waals surface area (Å²) in [5.41, 5.74) is 1.76. The molecule has 1 aromatic heterocycles. The van der Waals surface area contributed by atoms with E-state index in [-0.39, 0.29) is 11.8 Å². The minimum absolute atomic E-state index is 0.176. The van der Waals surface area contributed by atoms with Crippen LogP contribution in [0.5, 0.6) is 0 Å². The Bertz CT molecular complexity index is 793. The van der Waals surface area contributed by atoms with E-state index in [1.807, 2.05) is 19.0 Å². The van der Waals surface area contributed by atoms with E-state index < -0.39 is 11.9 Å². The number of nitrogens with one attached hydrogen (secondary N) is 1. The SMILES string of the molecule is CN(C)CCn1c(=O)oc2ccc(NC(=O)C3CCCC3O)cc21. The smallest absolute Gasteiger partial charge is 0.408 e. The van der Waals surface area contributed by atoms with Gasteiger partial charge >= 0.3 is 5.76 Å². The summed E-state index contributed by atoms with van der Waals surface area (Å²) < 4.78 is 6.81. The van der Waals surface area contributed by atoms with Crippen molar-refractivity contribution in [1.82, 2.24) is 9.47 Å². The van der Waals surface area contributed by atoms with Crippen molar-refractivity contribution >= 4 is 22.7 Å². The van der Waals surface area contributed by atoms with E-state index in [4.69, 9.17) is 4.42 Å². The van der Waals surface area contributed by atoms with Crippen molar-refractivity contribution < 1.29 is 14.3 Å². The summed E-state index contributed by atoms with van der Waals surface area (Å²) in [5.74, 6) is -0.937. The molecule has 0 bridgehead atoms. The molecule has 1 fully saturated rings. The lowest BCUT2D eigenvalue weighted by Crippen LogP contribution is -2.28. The second kappa shape index (κ2) is 6.78. The lowest BCUT2D eigenvalue weighted by Gasteiger charge is -2.14. The molecule has 2 aromatic rings. The van der Waals surface area contributed by atoms with Gasteiger partial charge in [0.1, 0.15) is 0 Å². The Hall–Kier alpha value is -2.12. The van der Waals surface area contributed by atoms with Gasteiger partial charge in [0.25, 0.3) is 0 Å². The Kier molecular flexibility index (Phi) is 4.73. The standard InChI is InChI=1S/C17H23N3O4/c1-19(2)8-9-20-13-10-11(6-7-15(13)24-17(20)23)18-16(22)12-4-3-5-14(12)21/h6-7,10,12,14,21H,3-5,8-9H2,1-2H3,(H,18,22). The summed E-state index contributed by atoms with van der Waals surface area (Å²) in [6, 6.07) is 5.14. The van der Waals surface area contributed by atoms with Gasteiger partial charge in [-0.2, -0.15) is 0 Å². The third kappa shape index (κ3) is 3.37. The monoisotopic (exact) mass is 333 g/mol. The highest BCUT2D eigenvalue weighted by Gasteiger charge is 2.31. The second-order valence-electron chi connectivity index (χ2n) is 6.60. The average molecular weight is 333 g/mol. The number of carbonyl (C=O) groups is 1. The fraction of sp³-hybridized carbons (Fsp3) is 0.529. The number of aliphatic hydroxyl groups is 1. The van der Waals surface area contributed by atoms with Crippen LogP contribution in [0.4, 0.5) is 5.69 Å². The molecule has 0 aliphatic heterocycles. The minimum atomic E-state index is -0.569. The molecule has 0 saturated heterocycles. The van der Waals surface area contributed by atoms with Crippen LogP contribution in [0.1, 0.15) is 19.3 Å². The predicted octanol–water partition coefficient (Wildman–Crippen LogP) is 1.26. The van der Waals surface area contributed by atoms with E-state index in [9.17, 15) is 14.7 Å². The van der Waals surface area contributed by atoms with Crippen LogP contribution < -0.4 is 11.1 Å². The number of hydrogen-bond acceptors (Lipinski definition) is 5. The molecule has 7 nitrogen and oxygen atoms in total. The highest BCUT2D eigenvalue weighted by atomic mass is 16.4. The molecular formula is C17H23N3O4. The van der Waals surface area contributed by atoms with Crippen LogP contribution in [0.15, 0.2) is 27.4 Å². The minimum Gasteiger partial charge on any atom is -0.408 e. The van der Waals surface area contributed by atoms with Crippen LogP contribution in [0, 0.1) is 5.92 Å². The lowest BCUT2D eigenvalue weighted by molar-refractivity contribution is -0.122. The summed E-state index contributed by atoms with van der Waals surface area (Å²) in [5, 5.41) is 12.7. The van der Waals surface area contributed by atoms with Crippen molar-refractivity contribution in [2.75, 3.05) is 26.0 Å². The molecule has 1 aliphatic rings. The van der Waals surface area contributed by atoms with Crippen molar-refractivity contribution in [2.45, 2.75) is 31.9 Å². The largest absolute Gasteiger partial charge is 0.419 e. The van der Waals surface area contributed by atoms with Crippen LogP contribution in [0.3, 0.4) is 0 Å². The molecular weight excluding hydrogens is 310 g/mol. The molecule has 1 heterocycles. The van der Waals surface area contributed by atoms with Gasteiger partial charge < -0.3 is 19.7 Å². The maximum Gasteiger partial charge on any atom is 0.419 e. The Morgan fingerprint density at radius 1 is 1.42 bits per heavy atom. The number of benzene rings is 1. The highest BCUT2D eigenvalue weighted by molar-refractivity contribution is 5.94. The molecule has 2 N–H and O–H groups in total. The number of likely N-dealkylation sites (N-methyl/N-ethyl adjacent to an activating group) is 1. The van der Waals surface area contributed by atoms with Gasteiger partial charge in [0.15, 0.2) is 5.58 Å². The molecule has 0 spiro atoms. The molecule has 3 rings (SSSR count). The summed E-state index contributed by atoms with van der Waals surface area (Å²) in [6.07, 6.45) is 1.67. The maximum absolute atomic E-state index is 12.3. The summed E-state index contributed by atoms with van der Waals surface area (Å²) in [7, 11) is 3.87. The summed E-state index contributed by atoms with van der Waals surface area (Å²) in [6.45, 7) is 1.22. The van der Waals surface area contributed by atoms with Gasteiger partial charge in [-0.3, -0.25) is 9.36 Å². The molecule has 7 heteroatoms. The number of oxazole rings is 1. The van der Waals surface area contributed by atoms with Crippen LogP contribution in [0.25, 0.3) is 11.1 Å². The van der Waals surface area contributed by atoms with Crippen LogP contribution in [0.2, 0.25) is 0 Å². The van der Waals surface area contributed by atoms with Gasteiger partial charge in [0.2, 0.25) is 5.91 Å². The Labute approximate surface area is 139 Å². The molecule has 1 aromatic carbocycles. The zero-order chi connectivity index (χ0) is 17.3. The predicted molar refractivity (Wildman–Crippen MR) is 91.0 cm³/mol. The van der Waals surface area contributed by atoms with Crippen molar-refractivity contribution in [3.63, 3.8) is 0 Å². The number of aromatic nitrogens is 1. The zero-order valence-corrected chi connectivity index (χ0v) is 14.0. The molecule has 1 amide bonds. The van der Waals surface area contributed by atoms with Crippen molar-refractivity contribution in [3.05, 3.63) is 28.7 Å². The number of rotatable bonds is 5. The van der Waals surface area contributed by atoms with Crippen LogP contribution in [-0.4, -0.2) is 47.2 Å². The average Bonchev–Trinajstić information content (AvgIpc) is 3.08. The number of hydrogen-bond donors (Lipinski definition) is 2. The summed E-state index contributed by atoms with van der Waals surface area (Å²) >= 11 is 0. The Morgan fingerprint density at radius 2 is 2.21 bits per heavy atom. The highest BCUT2D eigenvalue weighted by Crippen LogP contribution is 2.27. The number of anilines is 1. The first-order chi connectivity index (χ1) is 11.5. The molecule has 1 saturated carbocycles. The van der Waals surface area contributed by atoms with Gasteiger partial charge in [-0.15, -0.1) is 0 Å². The first-order valence-corrected chi connectivity index (χ1v) is 8.23. The van der Waals surface area contributed by atoms with Gasteiger partial charge in [-0.05, 0) is 51.6 Å². The third-order valence-electron chi connectivity index (χ3n) is 4.52. The quantitative estimate of drug-likeness (QED) is 0.860. The van der Waals surface area contributed by atoms with E-state index in [0.29, 0.717) is 42.7 Å². The lowest BCUT2D eigenvalue weighted by atomic mass is 10.1. The van der Waals surface area contributed by atoms with Crippen molar-refractivity contribution in [2.24, 2.45) is 5.92 Å². The first-order valence-electron chi connectivity index (χ1n) is 8.23. The Morgan fingerprint density at radius 3 is 2.88 bits per heavy atom. The first kappa shape index (κ1) is 16.7. The molecule has 130 valence electrons. The molecule has 2 unspecified atom stereocenters. The van der Waals surface area contributed by atoms with Gasteiger partial charge in [-0.1, -0.05) is 0 Å². The number of fused-ring (bicyclic) bond motifs is 1. The normalized spacial score (nSPS) is 20.8. The topological polar surface area (TPSA) is 87.7 Å². The number of aliphatic hydroxyl groups excluding tert-OH is 1. The second-order valence-corrected chi connectivity index (χ2v) is 6.60. The molecule has 0 radical (unpaired) electrons. The number of nitrogens with zero attached hydrogens (tertiary/aromatic N) is 2. The number of amides is 1. The van der Waals surface area contributed by atoms with E-state index in [0.717, 1.165) is 6.42 Å². The van der Waals surface area contributed by atoms with Crippen molar-refractivity contribution in [3.8, 4) is 0 Å². The van der Waals surface area contributed by atoms with Gasteiger partial charge in [0, 0.05) is 18.8 Å². The van der Waals surface area contributed by atoms with E-state index in [2.05, 4.69) is 5.32 Å². The Balaban J connectivity index is 1.83. The number of carbonyl (C=O) groups excluding carboxylic acids is 1. The fourth-order valence-electron chi connectivity index (χ4n) is 3.13. The van der Waals surface area contributed by atoms with Gasteiger partial charge in [0.05, 0.1) is 17.5 Å². The van der Waals surface area contributed by atoms with Crippen molar-refractivity contribution in [1.29, 1.82) is 0 Å². The zero-order valence-electron chi connectivity index (χ0n) is 14.0. The maximum atomic E-state index is 12.3. The van der Waals surface area contributed by atoms with Gasteiger partial charge in [-0.25, -0.2) is 4.79 Å². The van der Waals surface area contributed by atoms with E-state index in [1.165, 1.54) is 0 Å². The third-order valence-corrected chi connectivity index (χ3v) is 4.52. The molecule has 1 aliphatic carbocycles. The van der Waals surface area contributed by atoms with Crippen LogP contribution >= 0.6 is 0 Å². The molecule has 24 heavy (non-hydrogen) atoms.